The van der Waals surface area contributed by atoms with E-state index in [2.05, 4.69) is 95.3 Å². The number of aliphatic hydroxyl groups is 3. The van der Waals surface area contributed by atoms with Crippen molar-refractivity contribution in [3.05, 3.63) is 44.1 Å². The van der Waals surface area contributed by atoms with Crippen LogP contribution in [0, 0.1) is 14.3 Å². The second kappa shape index (κ2) is 16.5. The lowest BCUT2D eigenvalue weighted by atomic mass is 10.1. The summed E-state index contributed by atoms with van der Waals surface area (Å²) in [6.07, 6.45) is 0.482. The zero-order valence-electron chi connectivity index (χ0n) is 18.1. The molecule has 2 aromatic carbocycles. The first-order valence-corrected chi connectivity index (χ1v) is 14.4. The highest BCUT2D eigenvalue weighted by molar-refractivity contribution is 14.1. The lowest BCUT2D eigenvalue weighted by Gasteiger charge is -2.15. The van der Waals surface area contributed by atoms with Gasteiger partial charge in [-0.1, -0.05) is 6.92 Å². The number of hydrogen-bond acceptors (Lipinski definition) is 7. The molecule has 2 aromatic rings. The van der Waals surface area contributed by atoms with Gasteiger partial charge in [0.15, 0.2) is 5.75 Å². The second-order valence-corrected chi connectivity index (χ2v) is 12.0. The molecule has 0 amide bonds. The summed E-state index contributed by atoms with van der Waals surface area (Å²) in [5.41, 5.74) is 1.07. The van der Waals surface area contributed by atoms with Crippen LogP contribution < -0.4 is 4.74 Å². The third kappa shape index (κ3) is 12.0. The third-order valence-corrected chi connectivity index (χ3v) is 7.63. The monoisotopic (exact) mass is 912 g/mol. The molecule has 0 fully saturated rings. The highest BCUT2D eigenvalue weighted by atomic mass is 127. The fourth-order valence-corrected chi connectivity index (χ4v) is 6.54. The first kappa shape index (κ1) is 31.8. The molecule has 0 aliphatic carbocycles. The fourth-order valence-electron chi connectivity index (χ4n) is 2.71. The maximum Gasteiger partial charge on any atom is 0.154 e. The summed E-state index contributed by atoms with van der Waals surface area (Å²) in [6.45, 7) is 3.75. The second-order valence-electron chi connectivity index (χ2n) is 7.35. The molecular formula is C22H28I4O7. The van der Waals surface area contributed by atoms with Gasteiger partial charge in [0, 0.05) is 0 Å². The highest BCUT2D eigenvalue weighted by Crippen LogP contribution is 2.36. The number of hydrogen-bond donors (Lipinski definition) is 5. The largest absolute Gasteiger partial charge is 0.506 e. The molecule has 0 aliphatic rings. The minimum absolute atomic E-state index is 0.265. The smallest absolute Gasteiger partial charge is 0.154 e. The van der Waals surface area contributed by atoms with Crippen LogP contribution in [0.1, 0.15) is 38.7 Å². The quantitative estimate of drug-likeness (QED) is 0.114. The number of aromatic hydroxyl groups is 1. The summed E-state index contributed by atoms with van der Waals surface area (Å²) in [6, 6.07) is 7.62. The molecule has 0 spiro atoms. The zero-order valence-corrected chi connectivity index (χ0v) is 26.8. The number of rotatable bonds is 10. The van der Waals surface area contributed by atoms with E-state index in [1.54, 1.807) is 19.1 Å². The Morgan fingerprint density at radius 3 is 1.85 bits per heavy atom. The molecule has 0 saturated heterocycles. The van der Waals surface area contributed by atoms with Crippen molar-refractivity contribution in [2.45, 2.75) is 57.8 Å². The summed E-state index contributed by atoms with van der Waals surface area (Å²) in [4.78, 5) is 4.13. The average molecular weight is 912 g/mol. The Balaban J connectivity index is 0.000000420. The molecule has 2 rings (SSSR count). The summed E-state index contributed by atoms with van der Waals surface area (Å²) < 4.78 is 9.47. The Hall–Kier alpha value is 0.760. The van der Waals surface area contributed by atoms with Crippen LogP contribution in [0.3, 0.4) is 0 Å². The Labute approximate surface area is 248 Å². The van der Waals surface area contributed by atoms with Crippen molar-refractivity contribution in [2.75, 3.05) is 6.61 Å². The molecule has 0 heterocycles. The van der Waals surface area contributed by atoms with E-state index in [1.165, 1.54) is 0 Å². The number of ether oxygens (including phenoxy) is 1. The van der Waals surface area contributed by atoms with E-state index in [0.717, 1.165) is 25.6 Å². The van der Waals surface area contributed by atoms with Crippen LogP contribution in [0.15, 0.2) is 24.3 Å². The van der Waals surface area contributed by atoms with E-state index >= 15 is 0 Å². The molecule has 7 nitrogen and oxygen atoms in total. The van der Waals surface area contributed by atoms with Gasteiger partial charge in [0.25, 0.3) is 0 Å². The van der Waals surface area contributed by atoms with Gasteiger partial charge in [-0.3, -0.25) is 5.26 Å². The molecule has 0 bridgehead atoms. The van der Waals surface area contributed by atoms with Gasteiger partial charge >= 0.3 is 0 Å². The van der Waals surface area contributed by atoms with Gasteiger partial charge in [-0.05, 0) is 153 Å². The van der Waals surface area contributed by atoms with E-state index in [4.69, 9.17) is 20.2 Å². The normalized spacial score (nSPS) is 13.6. The Kier molecular flexibility index (Phi) is 15.9. The number of halogens is 4. The van der Waals surface area contributed by atoms with E-state index in [0.29, 0.717) is 31.4 Å². The lowest BCUT2D eigenvalue weighted by molar-refractivity contribution is -0.241. The van der Waals surface area contributed by atoms with E-state index in [1.807, 2.05) is 19.1 Å². The maximum absolute atomic E-state index is 9.82. The van der Waals surface area contributed by atoms with Crippen LogP contribution in [0.5, 0.6) is 17.2 Å². The molecule has 5 N–H and O–H groups in total. The van der Waals surface area contributed by atoms with Crippen molar-refractivity contribution < 1.29 is 35.3 Å². The first-order valence-electron chi connectivity index (χ1n) is 10.1. The first-order chi connectivity index (χ1) is 15.5. The van der Waals surface area contributed by atoms with Crippen LogP contribution in [0.2, 0.25) is 0 Å². The van der Waals surface area contributed by atoms with E-state index in [9.17, 15) is 10.2 Å². The van der Waals surface area contributed by atoms with Crippen molar-refractivity contribution in [3.63, 3.8) is 0 Å². The van der Waals surface area contributed by atoms with Gasteiger partial charge in [0.2, 0.25) is 0 Å². The minimum Gasteiger partial charge on any atom is -0.506 e. The van der Waals surface area contributed by atoms with Gasteiger partial charge in [0.1, 0.15) is 11.5 Å². The van der Waals surface area contributed by atoms with Crippen molar-refractivity contribution >= 4 is 90.4 Å². The molecule has 186 valence electrons. The van der Waals surface area contributed by atoms with Crippen LogP contribution in [-0.2, 0) is 11.3 Å². The average Bonchev–Trinajstić information content (AvgIpc) is 2.72. The van der Waals surface area contributed by atoms with E-state index in [-0.39, 0.29) is 12.4 Å². The predicted octanol–water partition coefficient (Wildman–Crippen LogP) is 5.91. The third-order valence-electron chi connectivity index (χ3n) is 4.38. The zero-order chi connectivity index (χ0) is 25.1. The standard InChI is InChI=1S/C14H10I4O4.C8H18O3/c15-9-5-8(6-10(16)13(9)19)22-14-11(17)3-7(1-2-21-20)4-12(14)18;1-3-7(10)5-8(11)4-6(2)9/h3-6,19-20H,1-2H2;6-11H,3-5H2,1-2H3. The fraction of sp³-hybridized carbons (Fsp3) is 0.455. The van der Waals surface area contributed by atoms with Gasteiger partial charge in [-0.2, -0.15) is 0 Å². The molecule has 11 heteroatoms. The minimum atomic E-state index is -0.579. The predicted molar refractivity (Wildman–Crippen MR) is 161 cm³/mol. The number of benzene rings is 2. The van der Waals surface area contributed by atoms with Crippen LogP contribution in [0.25, 0.3) is 0 Å². The molecule has 0 radical (unpaired) electrons. The Morgan fingerprint density at radius 2 is 1.39 bits per heavy atom. The summed E-state index contributed by atoms with van der Waals surface area (Å²) in [5.74, 6) is 1.75. The van der Waals surface area contributed by atoms with Gasteiger partial charge < -0.3 is 25.2 Å². The summed E-state index contributed by atoms with van der Waals surface area (Å²) in [7, 11) is 0. The number of aliphatic hydroxyl groups excluding tert-OH is 3. The van der Waals surface area contributed by atoms with Crippen molar-refractivity contribution in [3.8, 4) is 17.2 Å². The van der Waals surface area contributed by atoms with Crippen molar-refractivity contribution in [1.82, 2.24) is 0 Å². The molecule has 0 aliphatic heterocycles. The highest BCUT2D eigenvalue weighted by Gasteiger charge is 2.13. The molecule has 3 unspecified atom stereocenters. The molecule has 3 atom stereocenters. The van der Waals surface area contributed by atoms with Crippen LogP contribution in [-0.4, -0.2) is 50.6 Å². The SMILES string of the molecule is CCC(O)CC(O)CC(C)O.OOCCc1cc(I)c(Oc2cc(I)c(O)c(I)c2)c(I)c1. The van der Waals surface area contributed by atoms with Crippen LogP contribution in [0.4, 0.5) is 0 Å². The molecule has 0 saturated carbocycles. The lowest BCUT2D eigenvalue weighted by Crippen LogP contribution is -2.20. The Bertz CT molecular complexity index is 834. The topological polar surface area (TPSA) is 120 Å². The van der Waals surface area contributed by atoms with Gasteiger partial charge in [-0.15, -0.1) is 0 Å². The van der Waals surface area contributed by atoms with Crippen LogP contribution >= 0.6 is 90.4 Å². The van der Waals surface area contributed by atoms with Crippen molar-refractivity contribution in [1.29, 1.82) is 0 Å². The van der Waals surface area contributed by atoms with Gasteiger partial charge in [0.05, 0.1) is 39.2 Å². The molecular weight excluding hydrogens is 884 g/mol. The maximum atomic E-state index is 9.82. The Morgan fingerprint density at radius 1 is 0.848 bits per heavy atom. The van der Waals surface area contributed by atoms with Crippen molar-refractivity contribution in [2.24, 2.45) is 0 Å². The van der Waals surface area contributed by atoms with E-state index < -0.39 is 18.3 Å². The summed E-state index contributed by atoms with van der Waals surface area (Å²) >= 11 is 8.62. The summed E-state index contributed by atoms with van der Waals surface area (Å²) in [5, 5.41) is 45.4. The molecule has 0 aromatic heterocycles. The van der Waals surface area contributed by atoms with Gasteiger partial charge in [-0.25, -0.2) is 4.89 Å². The molecule has 33 heavy (non-hydrogen) atoms. The number of phenolic OH excluding ortho intramolecular Hbond substituents is 1. The number of phenols is 1.